The maximum absolute atomic E-state index is 12.1. The average molecular weight is 276 g/mol. The van der Waals surface area contributed by atoms with Gasteiger partial charge in [0.15, 0.2) is 0 Å². The Morgan fingerprint density at radius 2 is 2.15 bits per heavy atom. The van der Waals surface area contributed by atoms with Crippen LogP contribution in [0.1, 0.15) is 23.0 Å². The fourth-order valence-electron chi connectivity index (χ4n) is 1.78. The average Bonchev–Trinajstić information content (AvgIpc) is 2.86. The van der Waals surface area contributed by atoms with Crippen molar-refractivity contribution in [3.63, 3.8) is 0 Å². The standard InChI is InChI=1S/C13H16N4O3/c1-3-19-10-7-5-4-6-9(10)8-17(2)13(18)11-12(14)16-20-15-11/h4-7H,3,8H2,1-2H3,(H2,14,16). The molecule has 0 spiro atoms. The lowest BCUT2D eigenvalue weighted by Gasteiger charge is -2.18. The first-order valence-electron chi connectivity index (χ1n) is 6.17. The molecule has 1 aromatic heterocycles. The molecular weight excluding hydrogens is 260 g/mol. The highest BCUT2D eigenvalue weighted by atomic mass is 16.6. The van der Waals surface area contributed by atoms with Gasteiger partial charge in [0, 0.05) is 19.2 Å². The number of carbonyl (C=O) groups excluding carboxylic acids is 1. The second-order valence-electron chi connectivity index (χ2n) is 4.20. The third kappa shape index (κ3) is 2.87. The number of ether oxygens (including phenoxy) is 1. The van der Waals surface area contributed by atoms with Crippen LogP contribution in [0.15, 0.2) is 28.9 Å². The van der Waals surface area contributed by atoms with Crippen LogP contribution in [0.5, 0.6) is 5.75 Å². The van der Waals surface area contributed by atoms with E-state index in [1.54, 1.807) is 7.05 Å². The van der Waals surface area contributed by atoms with Crippen LogP contribution < -0.4 is 10.5 Å². The molecule has 1 amide bonds. The van der Waals surface area contributed by atoms with Gasteiger partial charge in [-0.15, -0.1) is 0 Å². The van der Waals surface area contributed by atoms with Gasteiger partial charge in [-0.25, -0.2) is 4.63 Å². The van der Waals surface area contributed by atoms with Crippen molar-refractivity contribution in [3.05, 3.63) is 35.5 Å². The fourth-order valence-corrected chi connectivity index (χ4v) is 1.78. The van der Waals surface area contributed by atoms with E-state index in [0.29, 0.717) is 13.2 Å². The summed E-state index contributed by atoms with van der Waals surface area (Å²) in [5.74, 6) is 0.385. The number of benzene rings is 1. The smallest absolute Gasteiger partial charge is 0.280 e. The number of aromatic nitrogens is 2. The molecular formula is C13H16N4O3. The number of rotatable bonds is 5. The van der Waals surface area contributed by atoms with Crippen LogP contribution in [-0.4, -0.2) is 34.8 Å². The van der Waals surface area contributed by atoms with Gasteiger partial charge in [-0.3, -0.25) is 4.79 Å². The monoisotopic (exact) mass is 276 g/mol. The lowest BCUT2D eigenvalue weighted by atomic mass is 10.2. The van der Waals surface area contributed by atoms with Crippen LogP contribution in [0.4, 0.5) is 5.82 Å². The molecule has 0 bridgehead atoms. The van der Waals surface area contributed by atoms with Crippen molar-refractivity contribution in [2.24, 2.45) is 0 Å². The summed E-state index contributed by atoms with van der Waals surface area (Å²) < 4.78 is 9.95. The predicted molar refractivity (Wildman–Crippen MR) is 72.1 cm³/mol. The summed E-state index contributed by atoms with van der Waals surface area (Å²) in [6.45, 7) is 2.85. The van der Waals surface area contributed by atoms with E-state index >= 15 is 0 Å². The maximum Gasteiger partial charge on any atom is 0.280 e. The van der Waals surface area contributed by atoms with E-state index in [2.05, 4.69) is 14.9 Å². The lowest BCUT2D eigenvalue weighted by molar-refractivity contribution is 0.0773. The van der Waals surface area contributed by atoms with Gasteiger partial charge in [-0.1, -0.05) is 18.2 Å². The van der Waals surface area contributed by atoms with Gasteiger partial charge in [-0.05, 0) is 23.3 Å². The van der Waals surface area contributed by atoms with Crippen molar-refractivity contribution in [1.82, 2.24) is 15.2 Å². The zero-order valence-corrected chi connectivity index (χ0v) is 11.4. The van der Waals surface area contributed by atoms with Gasteiger partial charge >= 0.3 is 0 Å². The lowest BCUT2D eigenvalue weighted by Crippen LogP contribution is -2.27. The van der Waals surface area contributed by atoms with Gasteiger partial charge < -0.3 is 15.4 Å². The van der Waals surface area contributed by atoms with Gasteiger partial charge in [0.2, 0.25) is 11.5 Å². The minimum Gasteiger partial charge on any atom is -0.494 e. The Balaban J connectivity index is 2.14. The van der Waals surface area contributed by atoms with Crippen LogP contribution >= 0.6 is 0 Å². The Kier molecular flexibility index (Phi) is 4.19. The van der Waals surface area contributed by atoms with Crippen molar-refractivity contribution >= 4 is 11.7 Å². The number of nitrogen functional groups attached to an aromatic ring is 1. The number of carbonyl (C=O) groups is 1. The third-order valence-corrected chi connectivity index (χ3v) is 2.74. The molecule has 0 unspecified atom stereocenters. The minimum absolute atomic E-state index is 0.0139. The summed E-state index contributed by atoms with van der Waals surface area (Å²) in [6, 6.07) is 7.54. The van der Waals surface area contributed by atoms with E-state index in [0.717, 1.165) is 11.3 Å². The first kappa shape index (κ1) is 13.9. The molecule has 2 N–H and O–H groups in total. The van der Waals surface area contributed by atoms with E-state index in [1.807, 2.05) is 31.2 Å². The van der Waals surface area contributed by atoms with Gasteiger partial charge in [0.05, 0.1) is 6.61 Å². The fraction of sp³-hybridized carbons (Fsp3) is 0.308. The second-order valence-corrected chi connectivity index (χ2v) is 4.20. The minimum atomic E-state index is -0.352. The number of hydrogen-bond acceptors (Lipinski definition) is 6. The Hall–Kier alpha value is -2.57. The van der Waals surface area contributed by atoms with Crippen molar-refractivity contribution in [2.45, 2.75) is 13.5 Å². The van der Waals surface area contributed by atoms with E-state index in [1.165, 1.54) is 4.90 Å². The van der Waals surface area contributed by atoms with Gasteiger partial charge in [0.1, 0.15) is 5.75 Å². The Labute approximate surface area is 116 Å². The number of para-hydroxylation sites is 1. The normalized spacial score (nSPS) is 10.3. The molecule has 0 aliphatic heterocycles. The highest BCUT2D eigenvalue weighted by Gasteiger charge is 2.20. The molecule has 1 aromatic carbocycles. The summed E-state index contributed by atoms with van der Waals surface area (Å²) >= 11 is 0. The Bertz CT molecular complexity index is 597. The van der Waals surface area contributed by atoms with E-state index in [4.69, 9.17) is 10.5 Å². The zero-order chi connectivity index (χ0) is 14.5. The van der Waals surface area contributed by atoms with Crippen LogP contribution in [0.25, 0.3) is 0 Å². The molecule has 2 rings (SSSR count). The van der Waals surface area contributed by atoms with Crippen LogP contribution in [0.2, 0.25) is 0 Å². The number of nitrogens with zero attached hydrogens (tertiary/aromatic N) is 3. The van der Waals surface area contributed by atoms with E-state index < -0.39 is 0 Å². The van der Waals surface area contributed by atoms with Crippen molar-refractivity contribution < 1.29 is 14.2 Å². The van der Waals surface area contributed by atoms with Crippen molar-refractivity contribution in [2.75, 3.05) is 19.4 Å². The molecule has 0 radical (unpaired) electrons. The Morgan fingerprint density at radius 1 is 1.40 bits per heavy atom. The summed E-state index contributed by atoms with van der Waals surface area (Å²) in [5.41, 5.74) is 6.43. The molecule has 0 aliphatic carbocycles. The first-order chi connectivity index (χ1) is 9.63. The highest BCUT2D eigenvalue weighted by molar-refractivity contribution is 5.95. The zero-order valence-electron chi connectivity index (χ0n) is 11.4. The molecule has 0 atom stereocenters. The molecule has 20 heavy (non-hydrogen) atoms. The topological polar surface area (TPSA) is 94.5 Å². The number of anilines is 1. The molecule has 7 nitrogen and oxygen atoms in total. The summed E-state index contributed by atoms with van der Waals surface area (Å²) in [4.78, 5) is 13.6. The first-order valence-corrected chi connectivity index (χ1v) is 6.17. The SMILES string of the molecule is CCOc1ccccc1CN(C)C(=O)c1nonc1N. The van der Waals surface area contributed by atoms with Crippen LogP contribution in [0, 0.1) is 0 Å². The second kappa shape index (κ2) is 6.05. The Morgan fingerprint density at radius 3 is 2.80 bits per heavy atom. The molecule has 1 heterocycles. The van der Waals surface area contributed by atoms with E-state index in [9.17, 15) is 4.79 Å². The molecule has 0 fully saturated rings. The quantitative estimate of drug-likeness (QED) is 0.885. The molecule has 106 valence electrons. The van der Waals surface area contributed by atoms with Crippen molar-refractivity contribution in [1.29, 1.82) is 0 Å². The number of nitrogens with two attached hydrogens (primary N) is 1. The van der Waals surface area contributed by atoms with Crippen LogP contribution in [0.3, 0.4) is 0 Å². The van der Waals surface area contributed by atoms with E-state index in [-0.39, 0.29) is 17.4 Å². The largest absolute Gasteiger partial charge is 0.494 e. The highest BCUT2D eigenvalue weighted by Crippen LogP contribution is 2.20. The van der Waals surface area contributed by atoms with Crippen LogP contribution in [-0.2, 0) is 6.54 Å². The maximum atomic E-state index is 12.1. The summed E-state index contributed by atoms with van der Waals surface area (Å²) in [7, 11) is 1.65. The summed E-state index contributed by atoms with van der Waals surface area (Å²) in [5, 5.41) is 6.90. The molecule has 2 aromatic rings. The van der Waals surface area contributed by atoms with Gasteiger partial charge in [0.25, 0.3) is 5.91 Å². The molecule has 7 heteroatoms. The van der Waals surface area contributed by atoms with Gasteiger partial charge in [-0.2, -0.15) is 0 Å². The molecule has 0 saturated carbocycles. The third-order valence-electron chi connectivity index (χ3n) is 2.74. The van der Waals surface area contributed by atoms with Crippen molar-refractivity contribution in [3.8, 4) is 5.75 Å². The molecule has 0 saturated heterocycles. The predicted octanol–water partition coefficient (Wildman–Crippen LogP) is 1.32. The molecule has 0 aliphatic rings. The number of hydrogen-bond donors (Lipinski definition) is 1. The number of amides is 1. The summed E-state index contributed by atoms with van der Waals surface area (Å²) in [6.07, 6.45) is 0.